The molecule has 2 aromatic rings. The molecule has 8 heteroatoms. The van der Waals surface area contributed by atoms with Crippen molar-refractivity contribution in [3.63, 3.8) is 0 Å². The fraction of sp³-hybridized carbons (Fsp3) is 0.235. The molecule has 0 saturated carbocycles. The van der Waals surface area contributed by atoms with Gasteiger partial charge in [-0.05, 0) is 24.3 Å². The van der Waals surface area contributed by atoms with Crippen LogP contribution in [0.1, 0.15) is 16.8 Å². The zero-order chi connectivity index (χ0) is 17.6. The molecule has 3 rings (SSSR count). The van der Waals surface area contributed by atoms with Crippen molar-refractivity contribution in [2.75, 3.05) is 29.9 Å². The molecule has 130 valence electrons. The molecule has 3 amide bonds. The number of nitrogens with one attached hydrogen (secondary N) is 2. The maximum atomic E-state index is 12.0. The van der Waals surface area contributed by atoms with Crippen molar-refractivity contribution in [2.24, 2.45) is 0 Å². The lowest BCUT2D eigenvalue weighted by Crippen LogP contribution is -2.27. The van der Waals surface area contributed by atoms with Gasteiger partial charge >= 0.3 is 6.09 Å². The Balaban J connectivity index is 1.49. The SMILES string of the molecule is O=C(CCNC(=O)c1ccoc1)Nc1cccc(N2CCOC2=O)c1. The van der Waals surface area contributed by atoms with Crippen LogP contribution in [0.15, 0.2) is 47.3 Å². The van der Waals surface area contributed by atoms with Gasteiger partial charge in [0.2, 0.25) is 5.91 Å². The van der Waals surface area contributed by atoms with Gasteiger partial charge in [0, 0.05) is 24.3 Å². The van der Waals surface area contributed by atoms with E-state index in [0.717, 1.165) is 0 Å². The Bertz CT molecular complexity index is 772. The minimum absolute atomic E-state index is 0.125. The van der Waals surface area contributed by atoms with Crippen LogP contribution < -0.4 is 15.5 Å². The highest BCUT2D eigenvalue weighted by Gasteiger charge is 2.23. The summed E-state index contributed by atoms with van der Waals surface area (Å²) < 4.78 is 9.73. The first kappa shape index (κ1) is 16.6. The third kappa shape index (κ3) is 4.17. The summed E-state index contributed by atoms with van der Waals surface area (Å²) in [5.74, 6) is -0.537. The van der Waals surface area contributed by atoms with E-state index in [-0.39, 0.29) is 24.8 Å². The summed E-state index contributed by atoms with van der Waals surface area (Å²) in [4.78, 5) is 36.8. The quantitative estimate of drug-likeness (QED) is 0.835. The number of benzene rings is 1. The van der Waals surface area contributed by atoms with Crippen molar-refractivity contribution in [1.82, 2.24) is 5.32 Å². The van der Waals surface area contributed by atoms with Crippen molar-refractivity contribution >= 4 is 29.3 Å². The van der Waals surface area contributed by atoms with E-state index in [1.807, 2.05) is 0 Å². The summed E-state index contributed by atoms with van der Waals surface area (Å²) in [6.45, 7) is 1.04. The summed E-state index contributed by atoms with van der Waals surface area (Å²) in [6.07, 6.45) is 2.47. The summed E-state index contributed by atoms with van der Waals surface area (Å²) in [6, 6.07) is 8.50. The summed E-state index contributed by atoms with van der Waals surface area (Å²) in [5.41, 5.74) is 1.64. The Morgan fingerprint density at radius 1 is 1.24 bits per heavy atom. The molecule has 0 bridgehead atoms. The number of hydrogen-bond donors (Lipinski definition) is 2. The minimum Gasteiger partial charge on any atom is -0.472 e. The van der Waals surface area contributed by atoms with Crippen molar-refractivity contribution in [2.45, 2.75) is 6.42 Å². The number of anilines is 2. The number of cyclic esters (lactones) is 1. The number of carbonyl (C=O) groups is 3. The number of hydrogen-bond acceptors (Lipinski definition) is 5. The van der Waals surface area contributed by atoms with Crippen molar-refractivity contribution < 1.29 is 23.5 Å². The maximum absolute atomic E-state index is 12.0. The second-order valence-corrected chi connectivity index (χ2v) is 5.38. The lowest BCUT2D eigenvalue weighted by atomic mass is 10.2. The van der Waals surface area contributed by atoms with Crippen molar-refractivity contribution in [3.8, 4) is 0 Å². The number of rotatable bonds is 6. The van der Waals surface area contributed by atoms with E-state index in [1.165, 1.54) is 17.4 Å². The molecule has 1 aliphatic rings. The lowest BCUT2D eigenvalue weighted by Gasteiger charge is -2.14. The van der Waals surface area contributed by atoms with Crippen LogP contribution in [0.5, 0.6) is 0 Å². The lowest BCUT2D eigenvalue weighted by molar-refractivity contribution is -0.116. The van der Waals surface area contributed by atoms with Gasteiger partial charge in [-0.1, -0.05) is 6.07 Å². The number of amides is 3. The molecule has 8 nitrogen and oxygen atoms in total. The first-order chi connectivity index (χ1) is 12.1. The van der Waals surface area contributed by atoms with E-state index < -0.39 is 6.09 Å². The van der Waals surface area contributed by atoms with Crippen molar-refractivity contribution in [3.05, 3.63) is 48.4 Å². The Kier molecular flexibility index (Phi) is 4.98. The van der Waals surface area contributed by atoms with Gasteiger partial charge in [-0.15, -0.1) is 0 Å². The Morgan fingerprint density at radius 2 is 2.12 bits per heavy atom. The van der Waals surface area contributed by atoms with Crippen LogP contribution >= 0.6 is 0 Å². The average Bonchev–Trinajstić information content (AvgIpc) is 3.26. The van der Waals surface area contributed by atoms with Gasteiger partial charge in [0.15, 0.2) is 0 Å². The Hall–Kier alpha value is -3.29. The van der Waals surface area contributed by atoms with E-state index in [9.17, 15) is 14.4 Å². The van der Waals surface area contributed by atoms with E-state index in [4.69, 9.17) is 9.15 Å². The molecule has 0 aliphatic carbocycles. The molecule has 1 aromatic heterocycles. The summed E-state index contributed by atoms with van der Waals surface area (Å²) >= 11 is 0. The van der Waals surface area contributed by atoms with Gasteiger partial charge < -0.3 is 19.8 Å². The van der Waals surface area contributed by atoms with Gasteiger partial charge in [0.1, 0.15) is 12.9 Å². The fourth-order valence-corrected chi connectivity index (χ4v) is 2.39. The molecular formula is C17H17N3O5. The highest BCUT2D eigenvalue weighted by molar-refractivity contribution is 5.95. The van der Waals surface area contributed by atoms with E-state index >= 15 is 0 Å². The number of carbonyl (C=O) groups excluding carboxylic acids is 3. The Labute approximate surface area is 143 Å². The summed E-state index contributed by atoms with van der Waals surface area (Å²) in [5, 5.41) is 5.38. The molecule has 0 spiro atoms. The van der Waals surface area contributed by atoms with Crippen LogP contribution in [-0.4, -0.2) is 37.6 Å². The van der Waals surface area contributed by atoms with Crippen LogP contribution in [0.25, 0.3) is 0 Å². The maximum Gasteiger partial charge on any atom is 0.414 e. The van der Waals surface area contributed by atoms with E-state index in [0.29, 0.717) is 30.1 Å². The number of nitrogens with zero attached hydrogens (tertiary/aromatic N) is 1. The topological polar surface area (TPSA) is 101 Å². The second kappa shape index (κ2) is 7.52. The molecule has 0 radical (unpaired) electrons. The highest BCUT2D eigenvalue weighted by Crippen LogP contribution is 2.22. The van der Waals surface area contributed by atoms with Crippen LogP contribution in [0.2, 0.25) is 0 Å². The Morgan fingerprint density at radius 3 is 2.84 bits per heavy atom. The zero-order valence-corrected chi connectivity index (χ0v) is 13.4. The molecule has 1 fully saturated rings. The van der Waals surface area contributed by atoms with Crippen LogP contribution in [0.3, 0.4) is 0 Å². The van der Waals surface area contributed by atoms with Crippen LogP contribution in [-0.2, 0) is 9.53 Å². The molecular weight excluding hydrogens is 326 g/mol. The molecule has 1 aliphatic heterocycles. The van der Waals surface area contributed by atoms with Crippen LogP contribution in [0.4, 0.5) is 16.2 Å². The van der Waals surface area contributed by atoms with Gasteiger partial charge in [0.25, 0.3) is 5.91 Å². The minimum atomic E-state index is -0.398. The first-order valence-electron chi connectivity index (χ1n) is 7.78. The smallest absolute Gasteiger partial charge is 0.414 e. The largest absolute Gasteiger partial charge is 0.472 e. The van der Waals surface area contributed by atoms with Crippen molar-refractivity contribution in [1.29, 1.82) is 0 Å². The van der Waals surface area contributed by atoms with Gasteiger partial charge in [-0.3, -0.25) is 14.5 Å². The normalized spacial score (nSPS) is 13.4. The van der Waals surface area contributed by atoms with Crippen LogP contribution in [0, 0.1) is 0 Å². The predicted octanol–water partition coefficient (Wildman–Crippen LogP) is 1.99. The molecule has 0 unspecified atom stereocenters. The van der Waals surface area contributed by atoms with Gasteiger partial charge in [0.05, 0.1) is 18.4 Å². The number of ether oxygens (including phenoxy) is 1. The standard InChI is InChI=1S/C17H17N3O5/c21-15(4-6-18-16(22)12-5-8-24-11-12)19-13-2-1-3-14(10-13)20-7-9-25-17(20)23/h1-3,5,8,10-11H,4,6-7,9H2,(H,18,22)(H,19,21). The highest BCUT2D eigenvalue weighted by atomic mass is 16.6. The van der Waals surface area contributed by atoms with E-state index in [1.54, 1.807) is 30.3 Å². The fourth-order valence-electron chi connectivity index (χ4n) is 2.39. The second-order valence-electron chi connectivity index (χ2n) is 5.38. The summed E-state index contributed by atoms with van der Waals surface area (Å²) in [7, 11) is 0. The average molecular weight is 343 g/mol. The molecule has 2 N–H and O–H groups in total. The van der Waals surface area contributed by atoms with E-state index in [2.05, 4.69) is 10.6 Å². The molecule has 25 heavy (non-hydrogen) atoms. The molecule has 1 aromatic carbocycles. The molecule has 2 heterocycles. The molecule has 1 saturated heterocycles. The first-order valence-corrected chi connectivity index (χ1v) is 7.78. The third-order valence-corrected chi connectivity index (χ3v) is 3.62. The molecule has 0 atom stereocenters. The van der Waals surface area contributed by atoms with Gasteiger partial charge in [-0.25, -0.2) is 4.79 Å². The van der Waals surface area contributed by atoms with Gasteiger partial charge in [-0.2, -0.15) is 0 Å². The zero-order valence-electron chi connectivity index (χ0n) is 13.4. The monoisotopic (exact) mass is 343 g/mol. The third-order valence-electron chi connectivity index (χ3n) is 3.62. The number of furan rings is 1. The predicted molar refractivity (Wildman–Crippen MR) is 89.4 cm³/mol.